The molecule has 0 bridgehead atoms. The molecule has 3 heterocycles. The Labute approximate surface area is 101 Å². The molecule has 0 aliphatic carbocycles. The van der Waals surface area contributed by atoms with E-state index in [4.69, 9.17) is 5.73 Å². The van der Waals surface area contributed by atoms with Crippen molar-refractivity contribution in [1.82, 2.24) is 14.7 Å². The normalized spacial score (nSPS) is 19.4. The number of nitrogens with two attached hydrogens (primary N) is 1. The maximum atomic E-state index is 11.2. The van der Waals surface area contributed by atoms with Crippen molar-refractivity contribution in [3.05, 3.63) is 17.0 Å². The van der Waals surface area contributed by atoms with Crippen molar-refractivity contribution in [2.45, 2.75) is 45.2 Å². The fraction of sp³-hybridized carbons (Fsp3) is 0.667. The number of hydrogen-bond acceptors (Lipinski definition) is 2. The molecule has 0 saturated heterocycles. The maximum Gasteiger partial charge on any atom is 0.315 e. The highest BCUT2D eigenvalue weighted by molar-refractivity contribution is 5.72. The van der Waals surface area contributed by atoms with Crippen LogP contribution in [-0.2, 0) is 25.9 Å². The number of fused-ring (bicyclic) bond motifs is 3. The number of hydrogen-bond donors (Lipinski definition) is 1. The van der Waals surface area contributed by atoms with Gasteiger partial charge < -0.3 is 10.6 Å². The monoisotopic (exact) mass is 234 g/mol. The first kappa shape index (κ1) is 10.6. The Morgan fingerprint density at radius 2 is 2.06 bits per heavy atom. The highest BCUT2D eigenvalue weighted by Gasteiger charge is 2.26. The molecule has 3 rings (SSSR count). The number of amides is 2. The van der Waals surface area contributed by atoms with E-state index in [0.29, 0.717) is 13.1 Å². The molecule has 17 heavy (non-hydrogen) atoms. The first-order chi connectivity index (χ1) is 8.25. The molecule has 2 N–H and O–H groups in total. The van der Waals surface area contributed by atoms with Crippen molar-refractivity contribution in [1.29, 1.82) is 0 Å². The van der Waals surface area contributed by atoms with Crippen LogP contribution in [0.4, 0.5) is 4.79 Å². The molecule has 5 nitrogen and oxygen atoms in total. The Bertz CT molecular complexity index is 452. The number of aromatic nitrogens is 2. The average molecular weight is 234 g/mol. The number of urea groups is 1. The van der Waals surface area contributed by atoms with E-state index in [0.717, 1.165) is 19.4 Å². The summed E-state index contributed by atoms with van der Waals surface area (Å²) < 4.78 is 2.15. The average Bonchev–Trinajstić information content (AvgIpc) is 2.51. The number of carbonyl (C=O) groups is 1. The van der Waals surface area contributed by atoms with Gasteiger partial charge in [-0.1, -0.05) is 6.42 Å². The minimum atomic E-state index is -0.316. The van der Waals surface area contributed by atoms with E-state index in [1.165, 1.54) is 36.2 Å². The zero-order valence-electron chi connectivity index (χ0n) is 9.98. The number of aryl methyl sites for hydroxylation is 1. The van der Waals surface area contributed by atoms with Crippen molar-refractivity contribution in [2.75, 3.05) is 6.54 Å². The molecular formula is C12H18N4O. The Kier molecular flexibility index (Phi) is 2.53. The van der Waals surface area contributed by atoms with Crippen LogP contribution in [0.25, 0.3) is 0 Å². The van der Waals surface area contributed by atoms with Crippen molar-refractivity contribution in [3.63, 3.8) is 0 Å². The van der Waals surface area contributed by atoms with Gasteiger partial charge in [0.2, 0.25) is 0 Å². The maximum absolute atomic E-state index is 11.2. The Morgan fingerprint density at radius 1 is 1.18 bits per heavy atom. The summed E-state index contributed by atoms with van der Waals surface area (Å²) in [7, 11) is 0. The third-order valence-electron chi connectivity index (χ3n) is 3.81. The van der Waals surface area contributed by atoms with Gasteiger partial charge in [0.05, 0.1) is 12.2 Å². The van der Waals surface area contributed by atoms with Crippen LogP contribution in [0.15, 0.2) is 0 Å². The first-order valence-electron chi connectivity index (χ1n) is 6.37. The van der Waals surface area contributed by atoms with Crippen LogP contribution < -0.4 is 5.73 Å². The van der Waals surface area contributed by atoms with Gasteiger partial charge in [-0.2, -0.15) is 5.10 Å². The van der Waals surface area contributed by atoms with Crippen molar-refractivity contribution in [2.24, 2.45) is 5.73 Å². The van der Waals surface area contributed by atoms with Gasteiger partial charge in [0, 0.05) is 30.8 Å². The lowest BCUT2D eigenvalue weighted by Crippen LogP contribution is -2.39. The number of primary amides is 1. The largest absolute Gasteiger partial charge is 0.351 e. The van der Waals surface area contributed by atoms with E-state index >= 15 is 0 Å². The molecule has 5 heteroatoms. The molecule has 2 amide bonds. The van der Waals surface area contributed by atoms with E-state index in [-0.39, 0.29) is 6.03 Å². The SMILES string of the molecule is NC(=O)N1CCc2nn3c(c2C1)CCCCC3. The summed E-state index contributed by atoms with van der Waals surface area (Å²) >= 11 is 0. The third kappa shape index (κ3) is 1.79. The molecule has 92 valence electrons. The van der Waals surface area contributed by atoms with Crippen molar-refractivity contribution in [3.8, 4) is 0 Å². The van der Waals surface area contributed by atoms with Crippen LogP contribution in [0.2, 0.25) is 0 Å². The van der Waals surface area contributed by atoms with Crippen LogP contribution in [0.3, 0.4) is 0 Å². The molecule has 0 fully saturated rings. The fourth-order valence-corrected chi connectivity index (χ4v) is 2.87. The smallest absolute Gasteiger partial charge is 0.315 e. The van der Waals surface area contributed by atoms with Crippen LogP contribution in [0.5, 0.6) is 0 Å². The molecule has 2 aliphatic rings. The standard InChI is InChI=1S/C12H18N4O/c13-12(17)15-7-5-10-9(8-15)11-4-2-1-3-6-16(11)14-10/h1-8H2,(H2,13,17). The predicted molar refractivity (Wildman–Crippen MR) is 63.5 cm³/mol. The molecule has 0 saturated carbocycles. The lowest BCUT2D eigenvalue weighted by molar-refractivity contribution is 0.202. The number of rotatable bonds is 0. The van der Waals surface area contributed by atoms with E-state index in [1.807, 2.05) is 0 Å². The highest BCUT2D eigenvalue weighted by atomic mass is 16.2. The zero-order valence-corrected chi connectivity index (χ0v) is 9.98. The van der Waals surface area contributed by atoms with E-state index < -0.39 is 0 Å². The summed E-state index contributed by atoms with van der Waals surface area (Å²) in [6.45, 7) is 2.39. The van der Waals surface area contributed by atoms with Crippen molar-refractivity contribution >= 4 is 6.03 Å². The van der Waals surface area contributed by atoms with E-state index in [2.05, 4.69) is 9.78 Å². The molecule has 2 aliphatic heterocycles. The van der Waals surface area contributed by atoms with Gasteiger partial charge >= 0.3 is 6.03 Å². The van der Waals surface area contributed by atoms with Gasteiger partial charge in [0.25, 0.3) is 0 Å². The summed E-state index contributed by atoms with van der Waals surface area (Å²) in [6, 6.07) is -0.316. The van der Waals surface area contributed by atoms with Crippen LogP contribution in [0, 0.1) is 0 Å². The summed E-state index contributed by atoms with van der Waals surface area (Å²) in [5.74, 6) is 0. The summed E-state index contributed by atoms with van der Waals surface area (Å²) in [5, 5.41) is 4.68. The van der Waals surface area contributed by atoms with E-state index in [1.54, 1.807) is 4.90 Å². The second-order valence-electron chi connectivity index (χ2n) is 4.92. The highest BCUT2D eigenvalue weighted by Crippen LogP contribution is 2.26. The van der Waals surface area contributed by atoms with Gasteiger partial charge in [-0.3, -0.25) is 4.68 Å². The first-order valence-corrected chi connectivity index (χ1v) is 6.37. The molecule has 1 aromatic rings. The second-order valence-corrected chi connectivity index (χ2v) is 4.92. The fourth-order valence-electron chi connectivity index (χ4n) is 2.87. The van der Waals surface area contributed by atoms with Crippen LogP contribution >= 0.6 is 0 Å². The Hall–Kier alpha value is -1.52. The number of carbonyl (C=O) groups excluding carboxylic acids is 1. The van der Waals surface area contributed by atoms with Crippen LogP contribution in [-0.4, -0.2) is 27.3 Å². The summed E-state index contributed by atoms with van der Waals surface area (Å²) in [5.41, 5.74) is 9.14. The third-order valence-corrected chi connectivity index (χ3v) is 3.81. The van der Waals surface area contributed by atoms with Crippen LogP contribution in [0.1, 0.15) is 36.2 Å². The summed E-state index contributed by atoms with van der Waals surface area (Å²) in [4.78, 5) is 13.0. The lowest BCUT2D eigenvalue weighted by atomic mass is 10.0. The topological polar surface area (TPSA) is 64.2 Å². The number of nitrogens with zero attached hydrogens (tertiary/aromatic N) is 3. The molecule has 0 atom stereocenters. The van der Waals surface area contributed by atoms with E-state index in [9.17, 15) is 4.79 Å². The quantitative estimate of drug-likeness (QED) is 0.729. The molecule has 1 aromatic heterocycles. The predicted octanol–water partition coefficient (Wildman–Crippen LogP) is 1.05. The Balaban J connectivity index is 1.95. The minimum absolute atomic E-state index is 0.316. The zero-order chi connectivity index (χ0) is 11.8. The lowest BCUT2D eigenvalue weighted by Gasteiger charge is -2.25. The molecule has 0 unspecified atom stereocenters. The van der Waals surface area contributed by atoms with Gasteiger partial charge in [-0.15, -0.1) is 0 Å². The van der Waals surface area contributed by atoms with Gasteiger partial charge in [-0.05, 0) is 19.3 Å². The van der Waals surface area contributed by atoms with Gasteiger partial charge in [0.15, 0.2) is 0 Å². The summed E-state index contributed by atoms with van der Waals surface area (Å²) in [6.07, 6.45) is 5.66. The van der Waals surface area contributed by atoms with Gasteiger partial charge in [-0.25, -0.2) is 4.79 Å². The molecular weight excluding hydrogens is 216 g/mol. The Morgan fingerprint density at radius 3 is 2.88 bits per heavy atom. The molecule has 0 aromatic carbocycles. The molecule has 0 spiro atoms. The van der Waals surface area contributed by atoms with Crippen molar-refractivity contribution < 1.29 is 4.79 Å². The molecule has 0 radical (unpaired) electrons. The second kappa shape index (κ2) is 4.05. The minimum Gasteiger partial charge on any atom is -0.351 e. The van der Waals surface area contributed by atoms with Gasteiger partial charge in [0.1, 0.15) is 0 Å².